The van der Waals surface area contributed by atoms with E-state index in [4.69, 9.17) is 5.73 Å². The molecule has 0 aliphatic carbocycles. The lowest BCUT2D eigenvalue weighted by Gasteiger charge is -2.36. The van der Waals surface area contributed by atoms with E-state index in [9.17, 15) is 4.79 Å². The zero-order valence-corrected chi connectivity index (χ0v) is 11.8. The second kappa shape index (κ2) is 7.54. The molecule has 1 aliphatic heterocycles. The van der Waals surface area contributed by atoms with Gasteiger partial charge < -0.3 is 10.6 Å². The molecule has 1 aliphatic rings. The normalized spacial score (nSPS) is 19.0. The van der Waals surface area contributed by atoms with Gasteiger partial charge in [-0.1, -0.05) is 19.9 Å². The van der Waals surface area contributed by atoms with Crippen LogP contribution in [0.3, 0.4) is 0 Å². The molecule has 1 saturated heterocycles. The van der Waals surface area contributed by atoms with E-state index < -0.39 is 6.04 Å². The van der Waals surface area contributed by atoms with Crippen molar-refractivity contribution in [3.05, 3.63) is 12.7 Å². The third-order valence-corrected chi connectivity index (χ3v) is 3.44. The molecule has 1 atom stereocenters. The Bertz CT molecular complexity index is 270. The Morgan fingerprint density at radius 2 is 1.94 bits per heavy atom. The van der Waals surface area contributed by atoms with E-state index >= 15 is 0 Å². The van der Waals surface area contributed by atoms with Crippen molar-refractivity contribution in [3.63, 3.8) is 0 Å². The minimum atomic E-state index is -0.412. The summed E-state index contributed by atoms with van der Waals surface area (Å²) in [6.07, 6.45) is 3.50. The number of hydrogen-bond acceptors (Lipinski definition) is 3. The van der Waals surface area contributed by atoms with Crippen LogP contribution in [0.4, 0.5) is 0 Å². The average molecular weight is 253 g/mol. The Labute approximate surface area is 111 Å². The van der Waals surface area contributed by atoms with Gasteiger partial charge in [0.15, 0.2) is 0 Å². The fourth-order valence-electron chi connectivity index (χ4n) is 2.15. The maximum absolute atomic E-state index is 12.0. The summed E-state index contributed by atoms with van der Waals surface area (Å²) in [4.78, 5) is 16.3. The van der Waals surface area contributed by atoms with Crippen LogP contribution in [0.2, 0.25) is 0 Å². The number of hydrogen-bond donors (Lipinski definition) is 1. The van der Waals surface area contributed by atoms with Crippen LogP contribution in [0.5, 0.6) is 0 Å². The minimum Gasteiger partial charge on any atom is -0.339 e. The van der Waals surface area contributed by atoms with Gasteiger partial charge in [-0.3, -0.25) is 9.69 Å². The molecule has 18 heavy (non-hydrogen) atoms. The van der Waals surface area contributed by atoms with Crippen molar-refractivity contribution in [1.29, 1.82) is 0 Å². The molecule has 0 radical (unpaired) electrons. The average Bonchev–Trinajstić information content (AvgIpc) is 2.36. The molecule has 1 unspecified atom stereocenters. The first-order valence-electron chi connectivity index (χ1n) is 6.92. The Morgan fingerprint density at radius 3 is 2.44 bits per heavy atom. The Kier molecular flexibility index (Phi) is 6.36. The van der Waals surface area contributed by atoms with Crippen LogP contribution in [-0.2, 0) is 4.79 Å². The standard InChI is InChI=1S/C14H27N3O/c1-4-5-13(15)14(18)17-10-8-16(9-11-17)7-6-12(2)3/h4,12-13H,1,5-11,15H2,2-3H3. The summed E-state index contributed by atoms with van der Waals surface area (Å²) in [7, 11) is 0. The summed E-state index contributed by atoms with van der Waals surface area (Å²) in [6, 6.07) is -0.412. The maximum Gasteiger partial charge on any atom is 0.239 e. The number of piperazine rings is 1. The highest BCUT2D eigenvalue weighted by molar-refractivity contribution is 5.81. The highest BCUT2D eigenvalue weighted by Gasteiger charge is 2.24. The summed E-state index contributed by atoms with van der Waals surface area (Å²) in [5.41, 5.74) is 5.82. The van der Waals surface area contributed by atoms with Crippen LogP contribution in [0.25, 0.3) is 0 Å². The number of carbonyl (C=O) groups excluding carboxylic acids is 1. The second-order valence-corrected chi connectivity index (χ2v) is 5.48. The SMILES string of the molecule is C=CCC(N)C(=O)N1CCN(CCC(C)C)CC1. The topological polar surface area (TPSA) is 49.6 Å². The fourth-order valence-corrected chi connectivity index (χ4v) is 2.15. The molecule has 0 aromatic carbocycles. The monoisotopic (exact) mass is 253 g/mol. The Morgan fingerprint density at radius 1 is 1.33 bits per heavy atom. The van der Waals surface area contributed by atoms with Gasteiger partial charge in [-0.15, -0.1) is 6.58 Å². The highest BCUT2D eigenvalue weighted by atomic mass is 16.2. The first kappa shape index (κ1) is 15.2. The largest absolute Gasteiger partial charge is 0.339 e. The first-order valence-corrected chi connectivity index (χ1v) is 6.92. The quantitative estimate of drug-likeness (QED) is 0.721. The van der Waals surface area contributed by atoms with E-state index in [1.165, 1.54) is 6.42 Å². The number of rotatable bonds is 6. The summed E-state index contributed by atoms with van der Waals surface area (Å²) in [6.45, 7) is 12.8. The molecule has 1 heterocycles. The van der Waals surface area contributed by atoms with Gasteiger partial charge in [0.2, 0.25) is 5.91 Å². The number of amides is 1. The van der Waals surface area contributed by atoms with E-state index in [1.807, 2.05) is 4.90 Å². The van der Waals surface area contributed by atoms with E-state index in [0.29, 0.717) is 6.42 Å². The molecule has 1 fully saturated rings. The lowest BCUT2D eigenvalue weighted by Crippen LogP contribution is -2.53. The van der Waals surface area contributed by atoms with Crippen molar-refractivity contribution in [2.24, 2.45) is 11.7 Å². The summed E-state index contributed by atoms with van der Waals surface area (Å²) in [5, 5.41) is 0. The predicted octanol–water partition coefficient (Wildman–Crippen LogP) is 1.08. The molecule has 0 aromatic heterocycles. The summed E-state index contributed by atoms with van der Waals surface area (Å²) < 4.78 is 0. The van der Waals surface area contributed by atoms with Crippen LogP contribution < -0.4 is 5.73 Å². The molecule has 1 rings (SSSR count). The Balaban J connectivity index is 2.30. The third kappa shape index (κ3) is 4.78. The van der Waals surface area contributed by atoms with Gasteiger partial charge in [-0.2, -0.15) is 0 Å². The third-order valence-electron chi connectivity index (χ3n) is 3.44. The van der Waals surface area contributed by atoms with Crippen LogP contribution in [0, 0.1) is 5.92 Å². The van der Waals surface area contributed by atoms with Gasteiger partial charge in [0.25, 0.3) is 0 Å². The molecule has 0 saturated carbocycles. The van der Waals surface area contributed by atoms with Gasteiger partial charge in [-0.05, 0) is 25.3 Å². The van der Waals surface area contributed by atoms with E-state index in [-0.39, 0.29) is 5.91 Å². The molecule has 1 amide bonds. The zero-order valence-electron chi connectivity index (χ0n) is 11.8. The second-order valence-electron chi connectivity index (χ2n) is 5.48. The number of carbonyl (C=O) groups is 1. The number of nitrogens with zero attached hydrogens (tertiary/aromatic N) is 2. The van der Waals surface area contributed by atoms with Crippen molar-refractivity contribution in [1.82, 2.24) is 9.80 Å². The summed E-state index contributed by atoms with van der Waals surface area (Å²) >= 11 is 0. The smallest absolute Gasteiger partial charge is 0.239 e. The van der Waals surface area contributed by atoms with E-state index in [1.54, 1.807) is 6.08 Å². The Hall–Kier alpha value is -0.870. The van der Waals surface area contributed by atoms with Gasteiger partial charge in [-0.25, -0.2) is 0 Å². The molecular formula is C14H27N3O. The first-order chi connectivity index (χ1) is 8.54. The van der Waals surface area contributed by atoms with Crippen molar-refractivity contribution in [2.75, 3.05) is 32.7 Å². The van der Waals surface area contributed by atoms with Gasteiger partial charge in [0, 0.05) is 26.2 Å². The van der Waals surface area contributed by atoms with Crippen molar-refractivity contribution in [3.8, 4) is 0 Å². The van der Waals surface area contributed by atoms with Crippen LogP contribution in [0.1, 0.15) is 26.7 Å². The van der Waals surface area contributed by atoms with Gasteiger partial charge >= 0.3 is 0 Å². The molecule has 4 nitrogen and oxygen atoms in total. The maximum atomic E-state index is 12.0. The molecular weight excluding hydrogens is 226 g/mol. The molecule has 0 bridgehead atoms. The highest BCUT2D eigenvalue weighted by Crippen LogP contribution is 2.08. The van der Waals surface area contributed by atoms with E-state index in [2.05, 4.69) is 25.3 Å². The predicted molar refractivity (Wildman–Crippen MR) is 75.3 cm³/mol. The minimum absolute atomic E-state index is 0.0680. The fraction of sp³-hybridized carbons (Fsp3) is 0.786. The number of nitrogens with two attached hydrogens (primary N) is 1. The molecule has 0 aromatic rings. The zero-order chi connectivity index (χ0) is 13.5. The van der Waals surface area contributed by atoms with Crippen LogP contribution in [0.15, 0.2) is 12.7 Å². The lowest BCUT2D eigenvalue weighted by atomic mass is 10.1. The van der Waals surface area contributed by atoms with Crippen molar-refractivity contribution in [2.45, 2.75) is 32.7 Å². The molecule has 104 valence electrons. The van der Waals surface area contributed by atoms with Gasteiger partial charge in [0.05, 0.1) is 6.04 Å². The van der Waals surface area contributed by atoms with Crippen molar-refractivity contribution >= 4 is 5.91 Å². The van der Waals surface area contributed by atoms with Crippen LogP contribution in [-0.4, -0.2) is 54.5 Å². The van der Waals surface area contributed by atoms with Crippen LogP contribution >= 0.6 is 0 Å². The lowest BCUT2D eigenvalue weighted by molar-refractivity contribution is -0.134. The molecule has 0 spiro atoms. The molecule has 2 N–H and O–H groups in total. The van der Waals surface area contributed by atoms with Crippen molar-refractivity contribution < 1.29 is 4.79 Å². The molecule has 4 heteroatoms. The van der Waals surface area contributed by atoms with E-state index in [0.717, 1.165) is 38.6 Å². The summed E-state index contributed by atoms with van der Waals surface area (Å²) in [5.74, 6) is 0.809. The van der Waals surface area contributed by atoms with Gasteiger partial charge in [0.1, 0.15) is 0 Å².